The molecule has 0 saturated carbocycles. The highest BCUT2D eigenvalue weighted by molar-refractivity contribution is 8.00. The standard InChI is InChI=1S/C16H18N2O4S/c1-9-14(19)17-12-7-10(4-5-13(12)23-9)15(20)18-6-2-3-11(8-18)16(21)22/h4-5,7,9,11H,2-3,6,8H2,1H3,(H,17,19)(H,21,22)/t9-,11-/m0/s1. The van der Waals surface area contributed by atoms with Gasteiger partial charge in [0.25, 0.3) is 5.91 Å². The molecule has 2 aliphatic rings. The zero-order valence-electron chi connectivity index (χ0n) is 12.7. The molecule has 0 aromatic heterocycles. The molecule has 2 atom stereocenters. The minimum absolute atomic E-state index is 0.0731. The number of carbonyl (C=O) groups excluding carboxylic acids is 2. The van der Waals surface area contributed by atoms with Gasteiger partial charge in [0.05, 0.1) is 16.9 Å². The molecule has 2 amide bonds. The Kier molecular flexibility index (Phi) is 4.30. The third-order valence-corrected chi connectivity index (χ3v) is 5.39. The highest BCUT2D eigenvalue weighted by Gasteiger charge is 2.29. The first-order chi connectivity index (χ1) is 11.0. The predicted molar refractivity (Wildman–Crippen MR) is 86.7 cm³/mol. The second-order valence-corrected chi connectivity index (χ2v) is 7.27. The van der Waals surface area contributed by atoms with E-state index in [1.807, 2.05) is 13.0 Å². The summed E-state index contributed by atoms with van der Waals surface area (Å²) in [6.07, 6.45) is 1.30. The number of aliphatic carboxylic acids is 1. The first-order valence-electron chi connectivity index (χ1n) is 7.59. The lowest BCUT2D eigenvalue weighted by molar-refractivity contribution is -0.143. The van der Waals surface area contributed by atoms with Crippen LogP contribution in [0.3, 0.4) is 0 Å². The van der Waals surface area contributed by atoms with E-state index in [2.05, 4.69) is 5.32 Å². The summed E-state index contributed by atoms with van der Waals surface area (Å²) in [5, 5.41) is 11.8. The average Bonchev–Trinajstić information content (AvgIpc) is 2.55. The molecule has 2 N–H and O–H groups in total. The van der Waals surface area contributed by atoms with Gasteiger partial charge in [0.2, 0.25) is 5.91 Å². The maximum atomic E-state index is 12.6. The van der Waals surface area contributed by atoms with E-state index in [1.165, 1.54) is 11.8 Å². The molecule has 0 unspecified atom stereocenters. The van der Waals surface area contributed by atoms with E-state index >= 15 is 0 Å². The van der Waals surface area contributed by atoms with Gasteiger partial charge in [-0.15, -0.1) is 11.8 Å². The highest BCUT2D eigenvalue weighted by atomic mass is 32.2. The molecule has 1 saturated heterocycles. The van der Waals surface area contributed by atoms with Gasteiger partial charge >= 0.3 is 5.97 Å². The van der Waals surface area contributed by atoms with Gasteiger partial charge in [0.15, 0.2) is 0 Å². The van der Waals surface area contributed by atoms with Gasteiger partial charge in [-0.2, -0.15) is 0 Å². The number of hydrogen-bond donors (Lipinski definition) is 2. The van der Waals surface area contributed by atoms with Crippen LogP contribution in [-0.4, -0.2) is 46.1 Å². The van der Waals surface area contributed by atoms with E-state index in [0.29, 0.717) is 30.6 Å². The molecule has 6 nitrogen and oxygen atoms in total. The molecule has 0 spiro atoms. The number of carboxylic acid groups (broad SMARTS) is 1. The summed E-state index contributed by atoms with van der Waals surface area (Å²) in [6, 6.07) is 5.25. The maximum Gasteiger partial charge on any atom is 0.308 e. The van der Waals surface area contributed by atoms with E-state index in [-0.39, 0.29) is 23.6 Å². The van der Waals surface area contributed by atoms with E-state index in [1.54, 1.807) is 17.0 Å². The molecule has 23 heavy (non-hydrogen) atoms. The summed E-state index contributed by atoms with van der Waals surface area (Å²) in [5.74, 6) is -1.61. The maximum absolute atomic E-state index is 12.6. The van der Waals surface area contributed by atoms with Gasteiger partial charge in [-0.1, -0.05) is 0 Å². The summed E-state index contributed by atoms with van der Waals surface area (Å²) < 4.78 is 0. The number of fused-ring (bicyclic) bond motifs is 1. The van der Waals surface area contributed by atoms with E-state index in [0.717, 1.165) is 4.90 Å². The number of piperidine rings is 1. The molecular weight excluding hydrogens is 316 g/mol. The number of benzene rings is 1. The van der Waals surface area contributed by atoms with Crippen LogP contribution in [0.25, 0.3) is 0 Å². The Morgan fingerprint density at radius 3 is 2.91 bits per heavy atom. The molecule has 1 fully saturated rings. The number of hydrogen-bond acceptors (Lipinski definition) is 4. The quantitative estimate of drug-likeness (QED) is 0.864. The topological polar surface area (TPSA) is 86.7 Å². The summed E-state index contributed by atoms with van der Waals surface area (Å²) in [6.45, 7) is 2.64. The van der Waals surface area contributed by atoms with Crippen LogP contribution in [0.2, 0.25) is 0 Å². The number of likely N-dealkylation sites (tertiary alicyclic amines) is 1. The Hall–Kier alpha value is -2.02. The highest BCUT2D eigenvalue weighted by Crippen LogP contribution is 2.36. The second-order valence-electron chi connectivity index (χ2n) is 5.89. The van der Waals surface area contributed by atoms with E-state index in [4.69, 9.17) is 5.11 Å². The molecule has 3 rings (SSSR count). The van der Waals surface area contributed by atoms with Crippen LogP contribution in [0, 0.1) is 5.92 Å². The Balaban J connectivity index is 1.79. The van der Waals surface area contributed by atoms with E-state index < -0.39 is 11.9 Å². The number of rotatable bonds is 2. The zero-order valence-corrected chi connectivity index (χ0v) is 13.6. The normalized spacial score (nSPS) is 23.9. The minimum atomic E-state index is -0.856. The average molecular weight is 334 g/mol. The minimum Gasteiger partial charge on any atom is -0.481 e. The monoisotopic (exact) mass is 334 g/mol. The summed E-state index contributed by atoms with van der Waals surface area (Å²) >= 11 is 1.47. The number of carboxylic acids is 1. The summed E-state index contributed by atoms with van der Waals surface area (Å²) in [5.41, 5.74) is 1.13. The largest absolute Gasteiger partial charge is 0.481 e. The third-order valence-electron chi connectivity index (χ3n) is 4.22. The van der Waals surface area contributed by atoms with Crippen LogP contribution in [0.4, 0.5) is 5.69 Å². The van der Waals surface area contributed by atoms with Crippen molar-refractivity contribution >= 4 is 35.2 Å². The lowest BCUT2D eigenvalue weighted by atomic mass is 9.97. The number of thioether (sulfide) groups is 1. The van der Waals surface area contributed by atoms with Crippen molar-refractivity contribution < 1.29 is 19.5 Å². The summed E-state index contributed by atoms with van der Waals surface area (Å²) in [7, 11) is 0. The molecule has 7 heteroatoms. The summed E-state index contributed by atoms with van der Waals surface area (Å²) in [4.78, 5) is 38.0. The first-order valence-corrected chi connectivity index (χ1v) is 8.47. The number of anilines is 1. The SMILES string of the molecule is C[C@@H]1Sc2ccc(C(=O)N3CCC[C@H](C(=O)O)C3)cc2NC1=O. The molecule has 122 valence electrons. The Morgan fingerprint density at radius 1 is 1.39 bits per heavy atom. The molecule has 1 aromatic carbocycles. The molecule has 1 aromatic rings. The van der Waals surface area contributed by atoms with Gasteiger partial charge in [-0.3, -0.25) is 14.4 Å². The van der Waals surface area contributed by atoms with Crippen LogP contribution in [-0.2, 0) is 9.59 Å². The van der Waals surface area contributed by atoms with Gasteiger partial charge < -0.3 is 15.3 Å². The lowest BCUT2D eigenvalue weighted by Crippen LogP contribution is -2.42. The fourth-order valence-electron chi connectivity index (χ4n) is 2.89. The van der Waals surface area contributed by atoms with Crippen molar-refractivity contribution in [2.24, 2.45) is 5.92 Å². The molecule has 2 aliphatic heterocycles. The Bertz CT molecular complexity index is 676. The smallest absolute Gasteiger partial charge is 0.308 e. The molecule has 0 bridgehead atoms. The number of amides is 2. The van der Waals surface area contributed by atoms with Crippen LogP contribution in [0.1, 0.15) is 30.1 Å². The predicted octanol–water partition coefficient (Wildman–Crippen LogP) is 2.06. The fourth-order valence-corrected chi connectivity index (χ4v) is 3.82. The first kappa shape index (κ1) is 15.9. The molecule has 0 radical (unpaired) electrons. The second kappa shape index (κ2) is 6.23. The van der Waals surface area contributed by atoms with Gasteiger partial charge in [-0.25, -0.2) is 0 Å². The van der Waals surface area contributed by atoms with E-state index in [9.17, 15) is 14.4 Å². The van der Waals surface area contributed by atoms with Crippen LogP contribution >= 0.6 is 11.8 Å². The fraction of sp³-hybridized carbons (Fsp3) is 0.438. The number of carbonyl (C=O) groups is 3. The van der Waals surface area contributed by atoms with Crippen molar-refractivity contribution in [2.45, 2.75) is 29.9 Å². The zero-order chi connectivity index (χ0) is 16.6. The van der Waals surface area contributed by atoms with Crippen LogP contribution in [0.15, 0.2) is 23.1 Å². The number of nitrogens with one attached hydrogen (secondary N) is 1. The number of nitrogens with zero attached hydrogens (tertiary/aromatic N) is 1. The van der Waals surface area contributed by atoms with Crippen LogP contribution < -0.4 is 5.32 Å². The van der Waals surface area contributed by atoms with Crippen molar-refractivity contribution in [1.29, 1.82) is 0 Å². The molecule has 2 heterocycles. The van der Waals surface area contributed by atoms with Crippen molar-refractivity contribution in [3.8, 4) is 0 Å². The van der Waals surface area contributed by atoms with Crippen molar-refractivity contribution in [3.63, 3.8) is 0 Å². The van der Waals surface area contributed by atoms with Crippen molar-refractivity contribution in [2.75, 3.05) is 18.4 Å². The van der Waals surface area contributed by atoms with Crippen molar-refractivity contribution in [3.05, 3.63) is 23.8 Å². The van der Waals surface area contributed by atoms with Gasteiger partial charge in [-0.05, 0) is 38.0 Å². The molecule has 0 aliphatic carbocycles. The van der Waals surface area contributed by atoms with Gasteiger partial charge in [0.1, 0.15) is 0 Å². The van der Waals surface area contributed by atoms with Gasteiger partial charge in [0, 0.05) is 23.5 Å². The third kappa shape index (κ3) is 3.19. The van der Waals surface area contributed by atoms with Crippen LogP contribution in [0.5, 0.6) is 0 Å². The Labute approximate surface area is 138 Å². The van der Waals surface area contributed by atoms with Crippen molar-refractivity contribution in [1.82, 2.24) is 4.90 Å². The molecular formula is C16H18N2O4S. The Morgan fingerprint density at radius 2 is 2.17 bits per heavy atom. The lowest BCUT2D eigenvalue weighted by Gasteiger charge is -2.31.